The lowest BCUT2D eigenvalue weighted by molar-refractivity contribution is -0.139. The number of rotatable bonds is 3. The van der Waals surface area contributed by atoms with E-state index in [4.69, 9.17) is 4.74 Å². The van der Waals surface area contributed by atoms with Crippen LogP contribution in [0.2, 0.25) is 0 Å². The monoisotopic (exact) mass is 270 g/mol. The SMILES string of the molecule is O=C(CC1C2CC3CC(C2)CC1C3)Oc1ccccc1. The van der Waals surface area contributed by atoms with Crippen LogP contribution < -0.4 is 4.74 Å². The van der Waals surface area contributed by atoms with E-state index in [1.165, 1.54) is 32.1 Å². The van der Waals surface area contributed by atoms with Gasteiger partial charge in [0, 0.05) is 6.42 Å². The summed E-state index contributed by atoms with van der Waals surface area (Å²) in [7, 11) is 0. The van der Waals surface area contributed by atoms with E-state index in [9.17, 15) is 4.79 Å². The Morgan fingerprint density at radius 2 is 1.55 bits per heavy atom. The molecule has 0 amide bonds. The van der Waals surface area contributed by atoms with Gasteiger partial charge in [0.15, 0.2) is 0 Å². The van der Waals surface area contributed by atoms with Crippen LogP contribution in [0.15, 0.2) is 30.3 Å². The largest absolute Gasteiger partial charge is 0.427 e. The number of ether oxygens (including phenoxy) is 1. The summed E-state index contributed by atoms with van der Waals surface area (Å²) in [6.45, 7) is 0. The lowest BCUT2D eigenvalue weighted by Gasteiger charge is -2.54. The molecule has 4 aliphatic carbocycles. The summed E-state index contributed by atoms with van der Waals surface area (Å²) >= 11 is 0. The van der Waals surface area contributed by atoms with Gasteiger partial charge in [0.05, 0.1) is 0 Å². The van der Waals surface area contributed by atoms with Crippen molar-refractivity contribution in [3.05, 3.63) is 30.3 Å². The van der Waals surface area contributed by atoms with Gasteiger partial charge in [-0.3, -0.25) is 4.79 Å². The molecule has 0 heterocycles. The zero-order chi connectivity index (χ0) is 13.5. The molecule has 4 saturated carbocycles. The van der Waals surface area contributed by atoms with Gasteiger partial charge >= 0.3 is 5.97 Å². The maximum absolute atomic E-state index is 12.2. The van der Waals surface area contributed by atoms with Crippen LogP contribution in [-0.2, 0) is 4.79 Å². The topological polar surface area (TPSA) is 26.3 Å². The quantitative estimate of drug-likeness (QED) is 0.611. The molecule has 4 fully saturated rings. The zero-order valence-corrected chi connectivity index (χ0v) is 11.8. The maximum atomic E-state index is 12.2. The summed E-state index contributed by atoms with van der Waals surface area (Å²) < 4.78 is 5.48. The van der Waals surface area contributed by atoms with Gasteiger partial charge in [-0.15, -0.1) is 0 Å². The van der Waals surface area contributed by atoms with Gasteiger partial charge in [0.2, 0.25) is 0 Å². The Bertz CT molecular complexity index is 465. The molecular formula is C18H22O2. The minimum atomic E-state index is -0.0336. The highest BCUT2D eigenvalue weighted by molar-refractivity contribution is 5.72. The Morgan fingerprint density at radius 1 is 0.950 bits per heavy atom. The number of esters is 1. The van der Waals surface area contributed by atoms with Crippen molar-refractivity contribution in [2.45, 2.75) is 38.5 Å². The molecule has 5 rings (SSSR count). The van der Waals surface area contributed by atoms with Crippen LogP contribution in [0.3, 0.4) is 0 Å². The number of para-hydroxylation sites is 1. The molecule has 20 heavy (non-hydrogen) atoms. The van der Waals surface area contributed by atoms with Crippen LogP contribution >= 0.6 is 0 Å². The van der Waals surface area contributed by atoms with E-state index in [1.807, 2.05) is 30.3 Å². The van der Waals surface area contributed by atoms with E-state index in [2.05, 4.69) is 0 Å². The fourth-order valence-electron chi connectivity index (χ4n) is 5.23. The highest BCUT2D eigenvalue weighted by Gasteiger charge is 2.48. The summed E-state index contributed by atoms with van der Waals surface area (Å²) in [6, 6.07) is 9.47. The molecular weight excluding hydrogens is 248 g/mol. The van der Waals surface area contributed by atoms with Gasteiger partial charge in [-0.05, 0) is 73.8 Å². The lowest BCUT2D eigenvalue weighted by atomic mass is 9.51. The molecule has 0 saturated heterocycles. The first kappa shape index (κ1) is 12.4. The van der Waals surface area contributed by atoms with Gasteiger partial charge in [0.25, 0.3) is 0 Å². The van der Waals surface area contributed by atoms with Gasteiger partial charge in [-0.25, -0.2) is 0 Å². The van der Waals surface area contributed by atoms with E-state index < -0.39 is 0 Å². The van der Waals surface area contributed by atoms with Crippen LogP contribution in [-0.4, -0.2) is 5.97 Å². The predicted molar refractivity (Wildman–Crippen MR) is 77.2 cm³/mol. The summed E-state index contributed by atoms with van der Waals surface area (Å²) in [5, 5.41) is 0. The molecule has 106 valence electrons. The molecule has 0 unspecified atom stereocenters. The average Bonchev–Trinajstić information content (AvgIpc) is 2.43. The van der Waals surface area contributed by atoms with E-state index in [0.29, 0.717) is 18.1 Å². The fourth-order valence-corrected chi connectivity index (χ4v) is 5.23. The van der Waals surface area contributed by atoms with Gasteiger partial charge < -0.3 is 4.74 Å². The second-order valence-corrected chi connectivity index (χ2v) is 7.09. The van der Waals surface area contributed by atoms with Crippen molar-refractivity contribution in [2.24, 2.45) is 29.6 Å². The molecule has 1 aromatic carbocycles. The maximum Gasteiger partial charge on any atom is 0.311 e. The van der Waals surface area contributed by atoms with Crippen molar-refractivity contribution in [2.75, 3.05) is 0 Å². The van der Waals surface area contributed by atoms with Crippen molar-refractivity contribution in [1.82, 2.24) is 0 Å². The average molecular weight is 270 g/mol. The van der Waals surface area contributed by atoms with Crippen molar-refractivity contribution in [3.63, 3.8) is 0 Å². The molecule has 2 heteroatoms. The van der Waals surface area contributed by atoms with E-state index >= 15 is 0 Å². The fraction of sp³-hybridized carbons (Fsp3) is 0.611. The number of carbonyl (C=O) groups is 1. The minimum absolute atomic E-state index is 0.0336. The Kier molecular flexibility index (Phi) is 3.05. The standard InChI is InChI=1S/C18H22O2/c19-18(20-16-4-2-1-3-5-16)11-17-14-7-12-6-13(9-14)10-15(17)8-12/h1-5,12-15,17H,6-11H2. The normalized spacial score (nSPS) is 37.9. The Labute approximate surface area is 120 Å². The Hall–Kier alpha value is -1.31. The molecule has 0 aliphatic heterocycles. The van der Waals surface area contributed by atoms with Gasteiger partial charge in [-0.1, -0.05) is 18.2 Å². The van der Waals surface area contributed by atoms with Crippen LogP contribution in [0.4, 0.5) is 0 Å². The molecule has 0 N–H and O–H groups in total. The van der Waals surface area contributed by atoms with Crippen LogP contribution in [0.25, 0.3) is 0 Å². The molecule has 4 bridgehead atoms. The second-order valence-electron chi connectivity index (χ2n) is 7.09. The molecule has 2 nitrogen and oxygen atoms in total. The molecule has 0 spiro atoms. The summed E-state index contributed by atoms with van der Waals surface area (Å²) in [5.41, 5.74) is 0. The van der Waals surface area contributed by atoms with Crippen LogP contribution in [0, 0.1) is 29.6 Å². The summed E-state index contributed by atoms with van der Waals surface area (Å²) in [6.07, 6.45) is 7.58. The summed E-state index contributed by atoms with van der Waals surface area (Å²) in [5.74, 6) is 4.79. The van der Waals surface area contributed by atoms with Crippen molar-refractivity contribution in [3.8, 4) is 5.75 Å². The Balaban J connectivity index is 1.40. The third-order valence-electron chi connectivity index (χ3n) is 5.80. The molecule has 4 aliphatic rings. The van der Waals surface area contributed by atoms with Crippen molar-refractivity contribution in [1.29, 1.82) is 0 Å². The van der Waals surface area contributed by atoms with Crippen molar-refractivity contribution >= 4 is 5.97 Å². The first-order valence-electron chi connectivity index (χ1n) is 8.03. The van der Waals surface area contributed by atoms with Gasteiger partial charge in [0.1, 0.15) is 5.75 Å². The zero-order valence-electron chi connectivity index (χ0n) is 11.8. The number of carbonyl (C=O) groups excluding carboxylic acids is 1. The molecule has 1 aromatic rings. The van der Waals surface area contributed by atoms with E-state index in [1.54, 1.807) is 0 Å². The number of hydrogen-bond donors (Lipinski definition) is 0. The smallest absolute Gasteiger partial charge is 0.311 e. The molecule has 0 atom stereocenters. The van der Waals surface area contributed by atoms with Crippen LogP contribution in [0.1, 0.15) is 38.5 Å². The predicted octanol–water partition coefficient (Wildman–Crippen LogP) is 4.05. The lowest BCUT2D eigenvalue weighted by Crippen LogP contribution is -2.45. The second kappa shape index (κ2) is 4.91. The highest BCUT2D eigenvalue weighted by Crippen LogP contribution is 2.57. The van der Waals surface area contributed by atoms with Crippen LogP contribution in [0.5, 0.6) is 5.75 Å². The van der Waals surface area contributed by atoms with Gasteiger partial charge in [-0.2, -0.15) is 0 Å². The molecule has 0 radical (unpaired) electrons. The number of hydrogen-bond acceptors (Lipinski definition) is 2. The molecule has 0 aromatic heterocycles. The highest BCUT2D eigenvalue weighted by atomic mass is 16.5. The third-order valence-corrected chi connectivity index (χ3v) is 5.80. The first-order chi connectivity index (χ1) is 9.78. The van der Waals surface area contributed by atoms with Crippen molar-refractivity contribution < 1.29 is 9.53 Å². The first-order valence-corrected chi connectivity index (χ1v) is 8.03. The third kappa shape index (κ3) is 2.25. The number of benzene rings is 1. The minimum Gasteiger partial charge on any atom is -0.427 e. The Morgan fingerprint density at radius 3 is 2.15 bits per heavy atom. The summed E-state index contributed by atoms with van der Waals surface area (Å²) in [4.78, 5) is 12.2. The van der Waals surface area contributed by atoms with E-state index in [0.717, 1.165) is 23.7 Å². The van der Waals surface area contributed by atoms with E-state index in [-0.39, 0.29) is 5.97 Å².